The van der Waals surface area contributed by atoms with Crippen molar-refractivity contribution < 1.29 is 9.53 Å². The van der Waals surface area contributed by atoms with Crippen LogP contribution in [-0.4, -0.2) is 12.0 Å². The van der Waals surface area contributed by atoms with Crippen LogP contribution in [0, 0.1) is 0 Å². The van der Waals surface area contributed by atoms with Crippen molar-refractivity contribution >= 4 is 11.6 Å². The van der Waals surface area contributed by atoms with Gasteiger partial charge in [0.15, 0.2) is 0 Å². The lowest BCUT2D eigenvalue weighted by atomic mass is 10.2. The van der Waals surface area contributed by atoms with Crippen LogP contribution >= 0.6 is 0 Å². The molecule has 21 heavy (non-hydrogen) atoms. The summed E-state index contributed by atoms with van der Waals surface area (Å²) in [7, 11) is 0. The van der Waals surface area contributed by atoms with Gasteiger partial charge in [-0.05, 0) is 26.0 Å². The molecule has 0 atom stereocenters. The van der Waals surface area contributed by atoms with Crippen LogP contribution in [0.15, 0.2) is 35.8 Å². The van der Waals surface area contributed by atoms with Crippen molar-refractivity contribution in [1.82, 2.24) is 0 Å². The molecule has 1 rings (SSSR count). The number of benzene rings is 1. The summed E-state index contributed by atoms with van der Waals surface area (Å²) in [5.41, 5.74) is 16.4. The van der Waals surface area contributed by atoms with Gasteiger partial charge in [0.1, 0.15) is 17.3 Å². The number of hydrogen-bond acceptors (Lipinski definition) is 6. The quantitative estimate of drug-likeness (QED) is 0.360. The lowest BCUT2D eigenvalue weighted by Gasteiger charge is -2.21. The van der Waals surface area contributed by atoms with E-state index in [2.05, 4.69) is 0 Å². The molecule has 118 valence electrons. The number of nitrogens with zero attached hydrogens (tertiary/aromatic N) is 1. The lowest BCUT2D eigenvalue weighted by molar-refractivity contribution is -0.114. The van der Waals surface area contributed by atoms with E-state index in [9.17, 15) is 4.79 Å². The largest absolute Gasteiger partial charge is 0.491 e. The van der Waals surface area contributed by atoms with Gasteiger partial charge in [-0.1, -0.05) is 19.9 Å². The van der Waals surface area contributed by atoms with E-state index in [-0.39, 0.29) is 17.6 Å². The summed E-state index contributed by atoms with van der Waals surface area (Å²) < 4.78 is 5.53. The summed E-state index contributed by atoms with van der Waals surface area (Å²) in [6.07, 6.45) is 0.0325. The zero-order chi connectivity index (χ0) is 16.6. The van der Waals surface area contributed by atoms with Crippen LogP contribution < -0.4 is 32.8 Å². The normalized spacial score (nSPS) is 11.1. The van der Waals surface area contributed by atoms with E-state index in [0.29, 0.717) is 11.4 Å². The first-order valence-electron chi connectivity index (χ1n) is 6.69. The van der Waals surface area contributed by atoms with Gasteiger partial charge in [-0.2, -0.15) is 0 Å². The van der Waals surface area contributed by atoms with Crippen LogP contribution in [0.25, 0.3) is 0 Å². The molecule has 0 bridgehead atoms. The monoisotopic (exact) mass is 295 g/mol. The number of amides is 1. The van der Waals surface area contributed by atoms with E-state index in [1.807, 2.05) is 27.7 Å². The molecule has 0 aliphatic carbocycles. The van der Waals surface area contributed by atoms with Crippen molar-refractivity contribution in [1.29, 1.82) is 0 Å². The fourth-order valence-corrected chi connectivity index (χ4v) is 1.37. The first kappa shape index (κ1) is 18.6. The second kappa shape index (κ2) is 8.70. The average Bonchev–Trinajstić information content (AvgIpc) is 2.46. The number of hydrogen-bond donors (Lipinski definition) is 4. The Bertz CT molecular complexity index is 500. The topological polar surface area (TPSA) is 134 Å². The first-order valence-corrected chi connectivity index (χ1v) is 6.69. The number of rotatable bonds is 5. The summed E-state index contributed by atoms with van der Waals surface area (Å²) >= 11 is 0. The number of anilines is 1. The van der Waals surface area contributed by atoms with Gasteiger partial charge in [-0.25, -0.2) is 5.84 Å². The molecular weight excluding hydrogens is 270 g/mol. The molecule has 8 N–H and O–H groups in total. The van der Waals surface area contributed by atoms with Gasteiger partial charge in [-0.3, -0.25) is 9.80 Å². The Balaban J connectivity index is 0.00000191. The van der Waals surface area contributed by atoms with Gasteiger partial charge in [0, 0.05) is 6.07 Å². The SMILES string of the molecule is CC.CC(C)Oc1cccc(N(N)/C(N)=C(\N)C(N)=O)c1. The highest BCUT2D eigenvalue weighted by Gasteiger charge is 2.13. The molecule has 0 aliphatic heterocycles. The maximum absolute atomic E-state index is 10.9. The van der Waals surface area contributed by atoms with Crippen molar-refractivity contribution in [2.75, 3.05) is 5.01 Å². The second-order valence-corrected chi connectivity index (χ2v) is 4.20. The Morgan fingerprint density at radius 2 is 1.76 bits per heavy atom. The Hall–Kier alpha value is -2.41. The number of carbonyl (C=O) groups is 1. The third-order valence-electron chi connectivity index (χ3n) is 2.27. The van der Waals surface area contributed by atoms with Crippen LogP contribution in [-0.2, 0) is 4.79 Å². The van der Waals surface area contributed by atoms with Crippen LogP contribution in [0.2, 0.25) is 0 Å². The van der Waals surface area contributed by atoms with Crippen molar-refractivity contribution in [3.05, 3.63) is 35.8 Å². The minimum absolute atomic E-state index is 0.0325. The molecule has 0 aromatic heterocycles. The number of carbonyl (C=O) groups excluding carboxylic acids is 1. The lowest BCUT2D eigenvalue weighted by Crippen LogP contribution is -2.39. The molecule has 0 saturated carbocycles. The van der Waals surface area contributed by atoms with E-state index < -0.39 is 5.91 Å². The fraction of sp³-hybridized carbons (Fsp3) is 0.357. The standard InChI is InChI=1S/C12H19N5O2.C2H6/c1-7(2)19-9-5-3-4-8(6-9)17(16)11(14)10(13)12(15)18;1-2/h3-7H,13-14,16H2,1-2H3,(H2,15,18);1-2H3/b11-10-;. The predicted molar refractivity (Wildman–Crippen MR) is 84.8 cm³/mol. The molecule has 0 heterocycles. The molecule has 1 aromatic rings. The molecule has 7 heteroatoms. The molecular formula is C14H25N5O2. The van der Waals surface area contributed by atoms with Crippen LogP contribution in [0.1, 0.15) is 27.7 Å². The predicted octanol–water partition coefficient (Wildman–Crippen LogP) is 0.752. The molecule has 0 spiro atoms. The molecule has 0 unspecified atom stereocenters. The van der Waals surface area contributed by atoms with E-state index in [0.717, 1.165) is 5.01 Å². The molecule has 0 fully saturated rings. The molecule has 1 amide bonds. The summed E-state index contributed by atoms with van der Waals surface area (Å²) in [6.45, 7) is 7.82. The second-order valence-electron chi connectivity index (χ2n) is 4.20. The Morgan fingerprint density at radius 1 is 1.19 bits per heavy atom. The van der Waals surface area contributed by atoms with Crippen molar-refractivity contribution in [3.8, 4) is 5.75 Å². The van der Waals surface area contributed by atoms with Gasteiger partial charge in [-0.15, -0.1) is 0 Å². The van der Waals surface area contributed by atoms with Gasteiger partial charge in [0.25, 0.3) is 5.91 Å². The van der Waals surface area contributed by atoms with Crippen LogP contribution in [0.4, 0.5) is 5.69 Å². The molecule has 0 aliphatic rings. The molecule has 0 radical (unpaired) electrons. The molecule has 7 nitrogen and oxygen atoms in total. The van der Waals surface area contributed by atoms with Gasteiger partial charge < -0.3 is 21.9 Å². The third-order valence-corrected chi connectivity index (χ3v) is 2.27. The molecule has 1 aromatic carbocycles. The third kappa shape index (κ3) is 5.62. The summed E-state index contributed by atoms with van der Waals surface area (Å²) in [5, 5.41) is 1.08. The zero-order valence-electron chi connectivity index (χ0n) is 13.0. The van der Waals surface area contributed by atoms with Crippen LogP contribution in [0.5, 0.6) is 5.75 Å². The first-order chi connectivity index (χ1) is 9.82. The van der Waals surface area contributed by atoms with E-state index in [4.69, 9.17) is 27.8 Å². The van der Waals surface area contributed by atoms with Crippen molar-refractivity contribution in [3.63, 3.8) is 0 Å². The Morgan fingerprint density at radius 3 is 2.24 bits per heavy atom. The highest BCUT2D eigenvalue weighted by molar-refractivity contribution is 5.92. The summed E-state index contributed by atoms with van der Waals surface area (Å²) in [6, 6.07) is 6.92. The van der Waals surface area contributed by atoms with Gasteiger partial charge >= 0.3 is 0 Å². The number of primary amides is 1. The average molecular weight is 295 g/mol. The Labute approximate surface area is 125 Å². The zero-order valence-corrected chi connectivity index (χ0v) is 13.0. The fourth-order valence-electron chi connectivity index (χ4n) is 1.37. The maximum atomic E-state index is 10.9. The van der Waals surface area contributed by atoms with E-state index >= 15 is 0 Å². The number of nitrogens with two attached hydrogens (primary N) is 4. The van der Waals surface area contributed by atoms with Crippen LogP contribution in [0.3, 0.4) is 0 Å². The summed E-state index contributed by atoms with van der Waals surface area (Å²) in [5.74, 6) is 5.47. The number of ether oxygens (including phenoxy) is 1. The summed E-state index contributed by atoms with van der Waals surface area (Å²) in [4.78, 5) is 10.9. The van der Waals surface area contributed by atoms with E-state index in [1.54, 1.807) is 24.3 Å². The minimum atomic E-state index is -0.831. The van der Waals surface area contributed by atoms with Gasteiger partial charge in [0.2, 0.25) is 0 Å². The Kier molecular flexibility index (Phi) is 7.70. The molecule has 0 saturated heterocycles. The highest BCUT2D eigenvalue weighted by atomic mass is 16.5. The smallest absolute Gasteiger partial charge is 0.268 e. The maximum Gasteiger partial charge on any atom is 0.268 e. The minimum Gasteiger partial charge on any atom is -0.491 e. The van der Waals surface area contributed by atoms with Gasteiger partial charge in [0.05, 0.1) is 11.8 Å². The highest BCUT2D eigenvalue weighted by Crippen LogP contribution is 2.21. The van der Waals surface area contributed by atoms with E-state index in [1.165, 1.54) is 0 Å². The van der Waals surface area contributed by atoms with Crippen molar-refractivity contribution in [2.24, 2.45) is 23.0 Å². The van der Waals surface area contributed by atoms with Crippen molar-refractivity contribution in [2.45, 2.75) is 33.8 Å². The number of hydrazine groups is 1.